The summed E-state index contributed by atoms with van der Waals surface area (Å²) in [4.78, 5) is 11.3. The third kappa shape index (κ3) is 2.94. The van der Waals surface area contributed by atoms with Crippen molar-refractivity contribution in [3.63, 3.8) is 0 Å². The summed E-state index contributed by atoms with van der Waals surface area (Å²) in [6, 6.07) is 11.4. The van der Waals surface area contributed by atoms with E-state index in [1.54, 1.807) is 6.07 Å². The van der Waals surface area contributed by atoms with Gasteiger partial charge in [-0.2, -0.15) is 0 Å². The topological polar surface area (TPSA) is 42.2 Å². The van der Waals surface area contributed by atoms with Gasteiger partial charge in [0.15, 0.2) is 0 Å². The Kier molecular flexibility index (Phi) is 4.35. The van der Waals surface area contributed by atoms with Crippen LogP contribution in [0.4, 0.5) is 4.39 Å². The van der Waals surface area contributed by atoms with E-state index in [1.165, 1.54) is 11.6 Å². The lowest BCUT2D eigenvalue weighted by molar-refractivity contribution is -0.137. The number of hydrogen-bond donors (Lipinski definition) is 1. The number of hydrogen-bond acceptors (Lipinski definition) is 1. The largest absolute Gasteiger partial charge is 0.481 e. The molecule has 3 aromatic rings. The Balaban J connectivity index is 1.91. The minimum atomic E-state index is -0.791. The summed E-state index contributed by atoms with van der Waals surface area (Å²) in [7, 11) is 0. The zero-order valence-electron chi connectivity index (χ0n) is 14.4. The average Bonchev–Trinajstić information content (AvgIpc) is 3.09. The van der Waals surface area contributed by atoms with Crippen molar-refractivity contribution >= 4 is 32.8 Å². The fraction of sp³-hybridized carbons (Fsp3) is 0.286. The van der Waals surface area contributed by atoms with Crippen LogP contribution >= 0.6 is 15.9 Å². The van der Waals surface area contributed by atoms with Gasteiger partial charge in [-0.3, -0.25) is 4.79 Å². The van der Waals surface area contributed by atoms with Crippen LogP contribution in [0.25, 0.3) is 10.9 Å². The van der Waals surface area contributed by atoms with Crippen molar-refractivity contribution in [2.45, 2.75) is 38.6 Å². The Morgan fingerprint density at radius 3 is 2.73 bits per heavy atom. The summed E-state index contributed by atoms with van der Waals surface area (Å²) in [5, 5.41) is 10.2. The van der Waals surface area contributed by atoms with E-state index in [2.05, 4.69) is 51.7 Å². The average molecular weight is 416 g/mol. The molecule has 0 fully saturated rings. The summed E-state index contributed by atoms with van der Waals surface area (Å²) in [5.74, 6) is -1.10. The fourth-order valence-electron chi connectivity index (χ4n) is 4.13. The van der Waals surface area contributed by atoms with Crippen LogP contribution in [0.2, 0.25) is 0 Å². The number of aryl methyl sites for hydroxylation is 2. The van der Waals surface area contributed by atoms with Gasteiger partial charge < -0.3 is 9.67 Å². The van der Waals surface area contributed by atoms with E-state index in [1.807, 2.05) is 0 Å². The molecule has 1 N–H and O–H groups in total. The second-order valence-corrected chi connectivity index (χ2v) is 7.91. The maximum Gasteiger partial charge on any atom is 0.304 e. The van der Waals surface area contributed by atoms with Crippen molar-refractivity contribution in [3.05, 3.63) is 69.1 Å². The molecule has 0 spiro atoms. The molecule has 0 saturated heterocycles. The number of aliphatic carboxylic acids is 1. The molecule has 5 heteroatoms. The van der Waals surface area contributed by atoms with Gasteiger partial charge in [0.05, 0.1) is 11.9 Å². The number of carbonyl (C=O) groups is 1. The number of halogens is 2. The van der Waals surface area contributed by atoms with Crippen LogP contribution in [0.3, 0.4) is 0 Å². The molecule has 0 aliphatic heterocycles. The normalized spacial score (nSPS) is 16.2. The van der Waals surface area contributed by atoms with Gasteiger partial charge in [-0.25, -0.2) is 4.39 Å². The molecule has 4 rings (SSSR count). The fourth-order valence-corrected chi connectivity index (χ4v) is 4.77. The van der Waals surface area contributed by atoms with E-state index >= 15 is 0 Å². The summed E-state index contributed by atoms with van der Waals surface area (Å²) < 4.78 is 16.9. The molecular weight excluding hydrogens is 397 g/mol. The van der Waals surface area contributed by atoms with Gasteiger partial charge in [0.25, 0.3) is 0 Å². The van der Waals surface area contributed by atoms with Crippen molar-refractivity contribution in [1.82, 2.24) is 4.57 Å². The standard InChI is InChI=1S/C21H19BrFNO2/c1-12-2-4-13(5-3-12)11-24-20-14(8-19(25)26)6-7-16(20)17-9-15(23)10-18(22)21(17)24/h2-5,9-10,14H,6-8,11H2,1H3,(H,25,26). The number of rotatable bonds is 4. The molecule has 134 valence electrons. The molecule has 1 unspecified atom stereocenters. The summed E-state index contributed by atoms with van der Waals surface area (Å²) in [5.41, 5.74) is 5.44. The van der Waals surface area contributed by atoms with Gasteiger partial charge in [-0.1, -0.05) is 29.8 Å². The Labute approximate surface area is 159 Å². The third-order valence-corrected chi connectivity index (χ3v) is 5.84. The molecule has 1 aliphatic carbocycles. The maximum absolute atomic E-state index is 14.0. The third-order valence-electron chi connectivity index (χ3n) is 5.24. The predicted octanol–water partition coefficient (Wildman–Crippen LogP) is 5.40. The van der Waals surface area contributed by atoms with Crippen LogP contribution in [0.1, 0.15) is 41.1 Å². The highest BCUT2D eigenvalue weighted by atomic mass is 79.9. The zero-order valence-corrected chi connectivity index (χ0v) is 16.0. The Morgan fingerprint density at radius 1 is 1.31 bits per heavy atom. The molecule has 0 radical (unpaired) electrons. The van der Waals surface area contributed by atoms with Gasteiger partial charge >= 0.3 is 5.97 Å². The lowest BCUT2D eigenvalue weighted by Crippen LogP contribution is -2.10. The lowest BCUT2D eigenvalue weighted by atomic mass is 10.0. The van der Waals surface area contributed by atoms with Crippen molar-refractivity contribution < 1.29 is 14.3 Å². The quantitative estimate of drug-likeness (QED) is 0.619. The van der Waals surface area contributed by atoms with E-state index in [-0.39, 0.29) is 18.2 Å². The number of nitrogens with zero attached hydrogens (tertiary/aromatic N) is 1. The smallest absolute Gasteiger partial charge is 0.304 e. The van der Waals surface area contributed by atoms with E-state index < -0.39 is 5.97 Å². The summed E-state index contributed by atoms with van der Waals surface area (Å²) in [6.45, 7) is 2.70. The number of aromatic nitrogens is 1. The number of fused-ring (bicyclic) bond motifs is 3. The first-order valence-electron chi connectivity index (χ1n) is 8.71. The minimum Gasteiger partial charge on any atom is -0.481 e. The second kappa shape index (κ2) is 6.54. The maximum atomic E-state index is 14.0. The van der Waals surface area contributed by atoms with Crippen LogP contribution in [0.15, 0.2) is 40.9 Å². The van der Waals surface area contributed by atoms with Gasteiger partial charge in [0.2, 0.25) is 0 Å². The highest BCUT2D eigenvalue weighted by Gasteiger charge is 2.32. The van der Waals surface area contributed by atoms with Crippen LogP contribution in [-0.2, 0) is 17.8 Å². The first kappa shape index (κ1) is 17.3. The molecule has 1 aliphatic rings. The molecule has 0 bridgehead atoms. The molecule has 0 saturated carbocycles. The number of benzene rings is 2. The van der Waals surface area contributed by atoms with E-state index in [0.717, 1.165) is 40.6 Å². The minimum absolute atomic E-state index is 0.0321. The summed E-state index contributed by atoms with van der Waals surface area (Å²) >= 11 is 3.52. The number of carboxylic acid groups (broad SMARTS) is 1. The van der Waals surface area contributed by atoms with Crippen molar-refractivity contribution in [2.75, 3.05) is 0 Å². The van der Waals surface area contributed by atoms with Crippen LogP contribution in [0.5, 0.6) is 0 Å². The highest BCUT2D eigenvalue weighted by molar-refractivity contribution is 9.10. The Bertz CT molecular complexity index is 1010. The van der Waals surface area contributed by atoms with Crippen LogP contribution in [-0.4, -0.2) is 15.6 Å². The molecular formula is C21H19BrFNO2. The van der Waals surface area contributed by atoms with Crippen molar-refractivity contribution in [1.29, 1.82) is 0 Å². The van der Waals surface area contributed by atoms with Crippen molar-refractivity contribution in [2.24, 2.45) is 0 Å². The van der Waals surface area contributed by atoms with Gasteiger partial charge in [0, 0.05) is 28.0 Å². The van der Waals surface area contributed by atoms with E-state index in [0.29, 0.717) is 11.0 Å². The Hall–Kier alpha value is -2.14. The number of carboxylic acids is 1. The highest BCUT2D eigenvalue weighted by Crippen LogP contribution is 2.44. The van der Waals surface area contributed by atoms with E-state index in [4.69, 9.17) is 0 Å². The van der Waals surface area contributed by atoms with Crippen LogP contribution in [0, 0.1) is 12.7 Å². The summed E-state index contributed by atoms with van der Waals surface area (Å²) in [6.07, 6.45) is 1.70. The first-order chi connectivity index (χ1) is 12.4. The predicted molar refractivity (Wildman–Crippen MR) is 103 cm³/mol. The molecule has 1 heterocycles. The monoisotopic (exact) mass is 415 g/mol. The SMILES string of the molecule is Cc1ccc(Cn2c3c(c4cc(F)cc(Br)c42)CCC3CC(=O)O)cc1. The molecule has 0 amide bonds. The molecule has 1 aromatic heterocycles. The lowest BCUT2D eigenvalue weighted by Gasteiger charge is -2.16. The molecule has 2 aromatic carbocycles. The van der Waals surface area contributed by atoms with Gasteiger partial charge in [-0.05, 0) is 59.0 Å². The molecule has 1 atom stereocenters. The van der Waals surface area contributed by atoms with Crippen LogP contribution < -0.4 is 0 Å². The molecule has 26 heavy (non-hydrogen) atoms. The van der Waals surface area contributed by atoms with Crippen molar-refractivity contribution in [3.8, 4) is 0 Å². The first-order valence-corrected chi connectivity index (χ1v) is 9.50. The van der Waals surface area contributed by atoms with Gasteiger partial charge in [-0.15, -0.1) is 0 Å². The second-order valence-electron chi connectivity index (χ2n) is 7.05. The molecule has 3 nitrogen and oxygen atoms in total. The Morgan fingerprint density at radius 2 is 2.04 bits per heavy atom. The van der Waals surface area contributed by atoms with Gasteiger partial charge in [0.1, 0.15) is 5.82 Å². The van der Waals surface area contributed by atoms with E-state index in [9.17, 15) is 14.3 Å². The zero-order chi connectivity index (χ0) is 18.4.